The van der Waals surface area contributed by atoms with Crippen LogP contribution >= 0.6 is 0 Å². The van der Waals surface area contributed by atoms with Crippen LogP contribution in [0, 0.1) is 17.3 Å². The Balaban J connectivity index is 1.25. The number of fused-ring (bicyclic) bond motifs is 2. The molecule has 5 rings (SSSR count). The van der Waals surface area contributed by atoms with E-state index in [2.05, 4.69) is 35.8 Å². The quantitative estimate of drug-likeness (QED) is 0.533. The molecule has 5 nitrogen and oxygen atoms in total. The monoisotopic (exact) mass is 424 g/mol. The molecule has 2 aliphatic heterocycles. The average molecular weight is 425 g/mol. The summed E-state index contributed by atoms with van der Waals surface area (Å²) >= 11 is 0. The van der Waals surface area contributed by atoms with Crippen molar-refractivity contribution < 1.29 is 14.3 Å². The Bertz CT molecular complexity index is 873. The zero-order valence-corrected chi connectivity index (χ0v) is 19.2. The second-order valence-electron chi connectivity index (χ2n) is 10.3. The van der Waals surface area contributed by atoms with Crippen molar-refractivity contribution in [1.82, 2.24) is 4.90 Å². The minimum Gasteiger partial charge on any atom is -0.495 e. The number of hydrogen-bond acceptors (Lipinski definition) is 5. The lowest BCUT2D eigenvalue weighted by Crippen LogP contribution is -2.49. The number of allylic oxidation sites excluding steroid dienone is 2. The van der Waals surface area contributed by atoms with Crippen LogP contribution in [0.3, 0.4) is 0 Å². The Morgan fingerprint density at radius 2 is 1.97 bits per heavy atom. The van der Waals surface area contributed by atoms with Gasteiger partial charge < -0.3 is 14.4 Å². The molecule has 0 aromatic heterocycles. The van der Waals surface area contributed by atoms with Crippen LogP contribution in [0.4, 0.5) is 5.69 Å². The highest BCUT2D eigenvalue weighted by Gasteiger charge is 2.53. The molecule has 0 amide bonds. The maximum atomic E-state index is 12.9. The van der Waals surface area contributed by atoms with Crippen LogP contribution in [0.15, 0.2) is 35.4 Å². The van der Waals surface area contributed by atoms with Crippen molar-refractivity contribution in [2.75, 3.05) is 44.7 Å². The first-order chi connectivity index (χ1) is 15.0. The summed E-state index contributed by atoms with van der Waals surface area (Å²) in [7, 11) is 1.73. The van der Waals surface area contributed by atoms with Crippen molar-refractivity contribution in [3.63, 3.8) is 0 Å². The molecule has 1 aromatic carbocycles. The van der Waals surface area contributed by atoms with E-state index >= 15 is 0 Å². The molecule has 2 aliphatic carbocycles. The van der Waals surface area contributed by atoms with Gasteiger partial charge in [-0.2, -0.15) is 0 Å². The van der Waals surface area contributed by atoms with Gasteiger partial charge in [0.05, 0.1) is 18.7 Å². The van der Waals surface area contributed by atoms with E-state index in [0.29, 0.717) is 5.92 Å². The van der Waals surface area contributed by atoms with Crippen LogP contribution in [0.2, 0.25) is 0 Å². The largest absolute Gasteiger partial charge is 0.495 e. The molecule has 4 aliphatic rings. The molecular weight excluding hydrogens is 388 g/mol. The van der Waals surface area contributed by atoms with Gasteiger partial charge in [-0.15, -0.1) is 0 Å². The molecule has 1 saturated carbocycles. The predicted molar refractivity (Wildman–Crippen MR) is 122 cm³/mol. The van der Waals surface area contributed by atoms with Gasteiger partial charge in [-0.25, -0.2) is 0 Å². The summed E-state index contributed by atoms with van der Waals surface area (Å²) in [6.07, 6.45) is 5.95. The van der Waals surface area contributed by atoms with Crippen molar-refractivity contribution in [2.24, 2.45) is 17.3 Å². The van der Waals surface area contributed by atoms with Crippen molar-refractivity contribution >= 4 is 11.7 Å². The zero-order valence-electron chi connectivity index (χ0n) is 19.2. The number of piperazine rings is 1. The highest BCUT2D eigenvalue weighted by molar-refractivity contribution is 5.76. The van der Waals surface area contributed by atoms with Gasteiger partial charge in [-0.05, 0) is 56.6 Å². The minimum absolute atomic E-state index is 0.0228. The summed E-state index contributed by atoms with van der Waals surface area (Å²) in [6.45, 7) is 9.41. The second kappa shape index (κ2) is 8.16. The van der Waals surface area contributed by atoms with Crippen LogP contribution in [0.1, 0.15) is 46.0 Å². The summed E-state index contributed by atoms with van der Waals surface area (Å²) in [6, 6.07) is 8.23. The van der Waals surface area contributed by atoms with Crippen LogP contribution in [-0.4, -0.2) is 56.8 Å². The fraction of sp³-hybridized carbons (Fsp3) is 0.654. The van der Waals surface area contributed by atoms with E-state index in [-0.39, 0.29) is 23.4 Å². The molecule has 4 atom stereocenters. The Kier molecular flexibility index (Phi) is 5.49. The summed E-state index contributed by atoms with van der Waals surface area (Å²) in [5.41, 5.74) is 4.63. The molecule has 0 N–H and O–H groups in total. The van der Waals surface area contributed by atoms with Gasteiger partial charge in [0.15, 0.2) is 0 Å². The van der Waals surface area contributed by atoms with Gasteiger partial charge in [-0.1, -0.05) is 30.2 Å². The van der Waals surface area contributed by atoms with Crippen LogP contribution in [-0.2, 0) is 9.53 Å². The molecule has 0 radical (unpaired) electrons. The fourth-order valence-electron chi connectivity index (χ4n) is 6.66. The summed E-state index contributed by atoms with van der Waals surface area (Å²) in [5.74, 6) is 1.35. The van der Waals surface area contributed by atoms with Gasteiger partial charge in [0, 0.05) is 38.6 Å². The van der Waals surface area contributed by atoms with Crippen molar-refractivity contribution in [3.8, 4) is 5.75 Å². The second-order valence-corrected chi connectivity index (χ2v) is 10.3. The maximum Gasteiger partial charge on any atom is 0.310 e. The molecule has 5 heteroatoms. The van der Waals surface area contributed by atoms with Crippen molar-refractivity contribution in [3.05, 3.63) is 35.4 Å². The number of para-hydroxylation sites is 2. The van der Waals surface area contributed by atoms with Crippen molar-refractivity contribution in [1.29, 1.82) is 0 Å². The predicted octanol–water partition coefficient (Wildman–Crippen LogP) is 4.28. The lowest BCUT2D eigenvalue weighted by atomic mass is 9.59. The van der Waals surface area contributed by atoms with E-state index in [0.717, 1.165) is 57.0 Å². The minimum atomic E-state index is 0.0228. The fourth-order valence-corrected chi connectivity index (χ4v) is 6.66. The molecule has 3 fully saturated rings. The van der Waals surface area contributed by atoms with Crippen LogP contribution in [0.5, 0.6) is 5.75 Å². The highest BCUT2D eigenvalue weighted by Crippen LogP contribution is 2.55. The topological polar surface area (TPSA) is 42.0 Å². The number of carbonyl (C=O) groups excluding carboxylic acids is 1. The van der Waals surface area contributed by atoms with E-state index in [1.807, 2.05) is 12.1 Å². The lowest BCUT2D eigenvalue weighted by Gasteiger charge is -2.46. The average Bonchev–Trinajstić information content (AvgIpc) is 3.06. The first-order valence-electron chi connectivity index (χ1n) is 12.0. The Morgan fingerprint density at radius 1 is 1.19 bits per heavy atom. The van der Waals surface area contributed by atoms with Crippen LogP contribution < -0.4 is 9.64 Å². The number of rotatable bonds is 4. The van der Waals surface area contributed by atoms with Gasteiger partial charge in [0.2, 0.25) is 0 Å². The normalized spacial score (nSPS) is 33.7. The van der Waals surface area contributed by atoms with E-state index in [1.54, 1.807) is 18.3 Å². The van der Waals surface area contributed by atoms with E-state index in [1.165, 1.54) is 19.3 Å². The lowest BCUT2D eigenvalue weighted by molar-refractivity contribution is -0.145. The molecular formula is C26H36N2O3. The summed E-state index contributed by atoms with van der Waals surface area (Å²) in [4.78, 5) is 17.7. The third-order valence-electron chi connectivity index (χ3n) is 8.43. The van der Waals surface area contributed by atoms with E-state index < -0.39 is 0 Å². The molecule has 0 unspecified atom stereocenters. The zero-order chi connectivity index (χ0) is 21.6. The van der Waals surface area contributed by atoms with Gasteiger partial charge in [0.1, 0.15) is 11.9 Å². The number of esters is 1. The number of benzene rings is 1. The molecule has 31 heavy (non-hydrogen) atoms. The number of carbonyl (C=O) groups is 1. The summed E-state index contributed by atoms with van der Waals surface area (Å²) in [5, 5.41) is 0. The Hall–Kier alpha value is -2.01. The molecule has 0 spiro atoms. The standard InChI is InChI=1S/C26H36N2O3/c1-18-7-6-10-26(2)16-24-19(15-21(18)26)20(25(29)31-24)17-27-11-13-28(14-12-27)22-8-4-5-9-23(22)30-3/h4-5,8-9,19-20,24H,6-7,10-17H2,1-3H3/t19-,20+,24-,26-/m1/s1. The molecule has 2 saturated heterocycles. The van der Waals surface area contributed by atoms with Gasteiger partial charge >= 0.3 is 5.97 Å². The van der Waals surface area contributed by atoms with Crippen LogP contribution in [0.25, 0.3) is 0 Å². The van der Waals surface area contributed by atoms with E-state index in [9.17, 15) is 4.79 Å². The number of anilines is 1. The van der Waals surface area contributed by atoms with Crippen molar-refractivity contribution in [2.45, 2.75) is 52.1 Å². The third kappa shape index (κ3) is 3.75. The third-order valence-corrected chi connectivity index (χ3v) is 8.43. The summed E-state index contributed by atoms with van der Waals surface area (Å²) < 4.78 is 11.5. The molecule has 2 heterocycles. The first kappa shape index (κ1) is 20.9. The molecule has 1 aromatic rings. The highest BCUT2D eigenvalue weighted by atomic mass is 16.6. The number of nitrogens with zero attached hydrogens (tertiary/aromatic N) is 2. The number of ether oxygens (including phenoxy) is 2. The van der Waals surface area contributed by atoms with Gasteiger partial charge in [-0.3, -0.25) is 9.69 Å². The van der Waals surface area contributed by atoms with E-state index in [4.69, 9.17) is 9.47 Å². The number of hydrogen-bond donors (Lipinski definition) is 0. The Morgan fingerprint density at radius 3 is 2.74 bits per heavy atom. The first-order valence-corrected chi connectivity index (χ1v) is 12.0. The van der Waals surface area contributed by atoms with Gasteiger partial charge in [0.25, 0.3) is 0 Å². The maximum absolute atomic E-state index is 12.9. The molecule has 0 bridgehead atoms. The molecule has 168 valence electrons. The Labute approximate surface area is 186 Å². The number of methoxy groups -OCH3 is 1. The smallest absolute Gasteiger partial charge is 0.310 e. The SMILES string of the molecule is COc1ccccc1N1CCN(C[C@@H]2C(=O)O[C@@H]3C[C@@]4(C)CCCC(C)=C4C[C@H]23)CC1.